The van der Waals surface area contributed by atoms with E-state index in [1.54, 1.807) is 92.1 Å². The summed E-state index contributed by atoms with van der Waals surface area (Å²) in [7, 11) is 0. The first-order valence-electron chi connectivity index (χ1n) is 11.1. The zero-order valence-electron chi connectivity index (χ0n) is 19.3. The third-order valence-electron chi connectivity index (χ3n) is 5.66. The molecule has 178 valence electrons. The highest BCUT2D eigenvalue weighted by molar-refractivity contribution is 5.99. The van der Waals surface area contributed by atoms with Crippen LogP contribution in [0.25, 0.3) is 22.4 Å². The van der Waals surface area contributed by atoms with Crippen LogP contribution in [0.1, 0.15) is 5.56 Å². The maximum atomic E-state index is 14.5. The molecule has 0 saturated heterocycles. The van der Waals surface area contributed by atoms with Crippen molar-refractivity contribution in [2.24, 2.45) is 0 Å². The van der Waals surface area contributed by atoms with Gasteiger partial charge in [0.15, 0.2) is 11.6 Å². The second-order valence-corrected chi connectivity index (χ2v) is 8.05. The Morgan fingerprint density at radius 1 is 1.00 bits per heavy atom. The lowest BCUT2D eigenvalue weighted by Crippen LogP contribution is -2.22. The Morgan fingerprint density at radius 2 is 1.72 bits per heavy atom. The first-order chi connectivity index (χ1) is 17.5. The Labute approximate surface area is 205 Å². The molecule has 0 aliphatic heterocycles. The van der Waals surface area contributed by atoms with E-state index >= 15 is 0 Å². The molecule has 36 heavy (non-hydrogen) atoms. The minimum absolute atomic E-state index is 0.0991. The van der Waals surface area contributed by atoms with Gasteiger partial charge in [-0.05, 0) is 61.0 Å². The molecule has 0 radical (unpaired) electrons. The summed E-state index contributed by atoms with van der Waals surface area (Å²) >= 11 is 0. The first-order valence-corrected chi connectivity index (χ1v) is 11.1. The molecule has 7 nitrogen and oxygen atoms in total. The number of amides is 1. The number of carbonyl (C=O) groups excluding carboxylic acids is 1. The molecule has 8 heteroatoms. The van der Waals surface area contributed by atoms with E-state index in [4.69, 9.17) is 4.74 Å². The number of anilines is 1. The van der Waals surface area contributed by atoms with Gasteiger partial charge in [-0.25, -0.2) is 9.18 Å². The fourth-order valence-electron chi connectivity index (χ4n) is 3.97. The molecule has 0 atom stereocenters. The molecular formula is C28H21FN4O3. The van der Waals surface area contributed by atoms with Gasteiger partial charge in [0.2, 0.25) is 5.91 Å². The van der Waals surface area contributed by atoms with Gasteiger partial charge in [-0.1, -0.05) is 30.8 Å². The van der Waals surface area contributed by atoms with Crippen molar-refractivity contribution in [1.82, 2.24) is 14.1 Å². The molecule has 0 bridgehead atoms. The molecule has 2 aromatic heterocycles. The molecule has 0 unspecified atom stereocenters. The second-order valence-electron chi connectivity index (χ2n) is 8.05. The Bertz CT molecular complexity index is 1690. The lowest BCUT2D eigenvalue weighted by atomic mass is 10.2. The Hall–Kier alpha value is -4.98. The number of pyridine rings is 1. The number of aromatic nitrogens is 3. The van der Waals surface area contributed by atoms with Crippen molar-refractivity contribution < 1.29 is 13.9 Å². The smallest absolute Gasteiger partial charge is 0.338 e. The second kappa shape index (κ2) is 9.34. The van der Waals surface area contributed by atoms with E-state index in [0.29, 0.717) is 39.4 Å². The van der Waals surface area contributed by atoms with Gasteiger partial charge in [-0.3, -0.25) is 18.9 Å². The third-order valence-corrected chi connectivity index (χ3v) is 5.66. The Morgan fingerprint density at radius 3 is 2.53 bits per heavy atom. The van der Waals surface area contributed by atoms with Crippen LogP contribution in [0.2, 0.25) is 0 Å². The lowest BCUT2D eigenvalue weighted by molar-refractivity contribution is -0.111. The van der Waals surface area contributed by atoms with E-state index in [-0.39, 0.29) is 17.3 Å². The number of rotatable bonds is 6. The van der Waals surface area contributed by atoms with E-state index in [2.05, 4.69) is 16.9 Å². The largest absolute Gasteiger partial charge is 0.454 e. The molecule has 3 aromatic carbocycles. The van der Waals surface area contributed by atoms with E-state index < -0.39 is 5.82 Å². The van der Waals surface area contributed by atoms with Gasteiger partial charge in [0, 0.05) is 18.0 Å². The average molecular weight is 480 g/mol. The highest BCUT2D eigenvalue weighted by Gasteiger charge is 2.17. The maximum absolute atomic E-state index is 14.5. The minimum Gasteiger partial charge on any atom is -0.454 e. The predicted octanol–water partition coefficient (Wildman–Crippen LogP) is 5.54. The zero-order chi connectivity index (χ0) is 25.2. The number of hydrogen-bond donors (Lipinski definition) is 1. The molecule has 0 aliphatic rings. The van der Waals surface area contributed by atoms with Gasteiger partial charge in [0.25, 0.3) is 0 Å². The van der Waals surface area contributed by atoms with Crippen LogP contribution in [0.4, 0.5) is 10.1 Å². The standard InChI is InChI=1S/C28H21FN4O3/c1-3-26(34)31-19-8-5-9-20(15-19)32-23-13-14-30-17-24(23)33(28(32)35)21-10-6-11-22(16-21)36-25-12-4-7-18(2)27(25)29/h3-17H,1H2,2H3,(H,31,34). The molecular weight excluding hydrogens is 459 g/mol. The molecule has 0 saturated carbocycles. The van der Waals surface area contributed by atoms with Crippen LogP contribution in [0, 0.1) is 12.7 Å². The van der Waals surface area contributed by atoms with Crippen molar-refractivity contribution >= 4 is 22.6 Å². The number of fused-ring (bicyclic) bond motifs is 1. The first kappa shape index (κ1) is 22.8. The van der Waals surface area contributed by atoms with Crippen LogP contribution in [0.5, 0.6) is 11.5 Å². The van der Waals surface area contributed by atoms with Gasteiger partial charge in [0.05, 0.1) is 28.6 Å². The molecule has 1 N–H and O–H groups in total. The van der Waals surface area contributed by atoms with Crippen LogP contribution in [-0.4, -0.2) is 20.0 Å². The van der Waals surface area contributed by atoms with Crippen molar-refractivity contribution in [1.29, 1.82) is 0 Å². The summed E-state index contributed by atoms with van der Waals surface area (Å²) in [6.07, 6.45) is 4.38. The molecule has 0 fully saturated rings. The van der Waals surface area contributed by atoms with E-state index in [9.17, 15) is 14.0 Å². The summed E-state index contributed by atoms with van der Waals surface area (Å²) in [6, 6.07) is 20.5. The van der Waals surface area contributed by atoms with Crippen LogP contribution >= 0.6 is 0 Å². The monoisotopic (exact) mass is 480 g/mol. The quantitative estimate of drug-likeness (QED) is 0.324. The highest BCUT2D eigenvalue weighted by Crippen LogP contribution is 2.29. The van der Waals surface area contributed by atoms with Crippen molar-refractivity contribution in [3.8, 4) is 22.9 Å². The van der Waals surface area contributed by atoms with E-state index in [0.717, 1.165) is 0 Å². The molecule has 5 aromatic rings. The number of nitrogens with one attached hydrogen (secondary N) is 1. The van der Waals surface area contributed by atoms with Crippen LogP contribution in [-0.2, 0) is 4.79 Å². The molecule has 5 rings (SSSR count). The summed E-state index contributed by atoms with van der Waals surface area (Å²) < 4.78 is 23.3. The van der Waals surface area contributed by atoms with Crippen LogP contribution in [0.15, 0.2) is 103 Å². The number of nitrogens with zero attached hydrogens (tertiary/aromatic N) is 3. The average Bonchev–Trinajstić information content (AvgIpc) is 3.18. The normalized spacial score (nSPS) is 10.8. The SMILES string of the molecule is C=CC(=O)Nc1cccc(-n2c(=O)n(-c3cccc(Oc4cccc(C)c4F)c3)c3cnccc32)c1. The Balaban J connectivity index is 1.62. The lowest BCUT2D eigenvalue weighted by Gasteiger charge is -2.10. The topological polar surface area (TPSA) is 78.2 Å². The maximum Gasteiger partial charge on any atom is 0.338 e. The summed E-state index contributed by atoms with van der Waals surface area (Å²) in [4.78, 5) is 29.7. The van der Waals surface area contributed by atoms with Crippen molar-refractivity contribution in [2.45, 2.75) is 6.92 Å². The number of aryl methyl sites for hydroxylation is 1. The van der Waals surface area contributed by atoms with E-state index in [1.807, 2.05) is 0 Å². The van der Waals surface area contributed by atoms with Gasteiger partial charge in [-0.2, -0.15) is 0 Å². The van der Waals surface area contributed by atoms with Crippen molar-refractivity contribution in [3.05, 3.63) is 120 Å². The summed E-state index contributed by atoms with van der Waals surface area (Å²) in [5.74, 6) is -0.318. The fraction of sp³-hybridized carbons (Fsp3) is 0.0357. The number of imidazole rings is 1. The summed E-state index contributed by atoms with van der Waals surface area (Å²) in [5, 5.41) is 2.71. The third kappa shape index (κ3) is 4.16. The number of benzene rings is 3. The van der Waals surface area contributed by atoms with Crippen molar-refractivity contribution in [3.63, 3.8) is 0 Å². The predicted molar refractivity (Wildman–Crippen MR) is 137 cm³/mol. The number of halogens is 1. The molecule has 0 aliphatic carbocycles. The number of ether oxygens (including phenoxy) is 1. The van der Waals surface area contributed by atoms with Gasteiger partial charge in [-0.15, -0.1) is 0 Å². The van der Waals surface area contributed by atoms with Gasteiger partial charge < -0.3 is 10.1 Å². The van der Waals surface area contributed by atoms with Crippen molar-refractivity contribution in [2.75, 3.05) is 5.32 Å². The molecule has 1 amide bonds. The minimum atomic E-state index is -0.440. The van der Waals surface area contributed by atoms with Gasteiger partial charge >= 0.3 is 5.69 Å². The Kier molecular flexibility index (Phi) is 5.92. The van der Waals surface area contributed by atoms with Crippen LogP contribution < -0.4 is 15.7 Å². The zero-order valence-corrected chi connectivity index (χ0v) is 19.3. The van der Waals surface area contributed by atoms with E-state index in [1.165, 1.54) is 15.2 Å². The fourth-order valence-corrected chi connectivity index (χ4v) is 3.97. The highest BCUT2D eigenvalue weighted by atomic mass is 19.1. The number of carbonyl (C=O) groups is 1. The summed E-state index contributed by atoms with van der Waals surface area (Å²) in [5.41, 5.74) is 2.93. The summed E-state index contributed by atoms with van der Waals surface area (Å²) in [6.45, 7) is 5.13. The van der Waals surface area contributed by atoms with Crippen LogP contribution in [0.3, 0.4) is 0 Å². The number of hydrogen-bond acceptors (Lipinski definition) is 4. The van der Waals surface area contributed by atoms with Gasteiger partial charge in [0.1, 0.15) is 5.75 Å². The molecule has 0 spiro atoms. The molecule has 2 heterocycles.